The van der Waals surface area contributed by atoms with Gasteiger partial charge in [-0.3, -0.25) is 0 Å². The lowest BCUT2D eigenvalue weighted by atomic mass is 10.0. The standard InChI is InChI=1S/C13H8F3I/c1-7-4-8(2-3-12(7)17)13-10(15)5-9(14)6-11(13)16/h2-6H,1H3. The molecule has 0 aliphatic heterocycles. The zero-order chi connectivity index (χ0) is 12.6. The van der Waals surface area contributed by atoms with E-state index < -0.39 is 17.5 Å². The fraction of sp³-hybridized carbons (Fsp3) is 0.0769. The van der Waals surface area contributed by atoms with E-state index in [2.05, 4.69) is 22.6 Å². The maximum Gasteiger partial charge on any atom is 0.136 e. The topological polar surface area (TPSA) is 0 Å². The Hall–Kier alpha value is -1.04. The first-order valence-electron chi connectivity index (χ1n) is 4.90. The molecule has 0 amide bonds. The predicted molar refractivity (Wildman–Crippen MR) is 69.2 cm³/mol. The zero-order valence-electron chi connectivity index (χ0n) is 8.90. The third-order valence-electron chi connectivity index (χ3n) is 2.45. The molecule has 0 bridgehead atoms. The number of aryl methyl sites for hydroxylation is 1. The summed E-state index contributed by atoms with van der Waals surface area (Å²) < 4.78 is 40.9. The Labute approximate surface area is 111 Å². The van der Waals surface area contributed by atoms with Crippen molar-refractivity contribution in [2.24, 2.45) is 0 Å². The van der Waals surface area contributed by atoms with Crippen LogP contribution in [-0.4, -0.2) is 0 Å². The number of rotatable bonds is 1. The molecule has 17 heavy (non-hydrogen) atoms. The molecule has 0 spiro atoms. The van der Waals surface area contributed by atoms with Gasteiger partial charge in [0.05, 0.1) is 5.56 Å². The highest BCUT2D eigenvalue weighted by atomic mass is 127. The van der Waals surface area contributed by atoms with Gasteiger partial charge >= 0.3 is 0 Å². The van der Waals surface area contributed by atoms with E-state index in [1.165, 1.54) is 0 Å². The molecular formula is C13H8F3I. The van der Waals surface area contributed by atoms with Gasteiger partial charge < -0.3 is 0 Å². The smallest absolute Gasteiger partial charge is 0.136 e. The maximum absolute atomic E-state index is 13.5. The minimum Gasteiger partial charge on any atom is -0.207 e. The molecule has 4 heteroatoms. The highest BCUT2D eigenvalue weighted by Crippen LogP contribution is 2.28. The minimum atomic E-state index is -0.911. The summed E-state index contributed by atoms with van der Waals surface area (Å²) >= 11 is 2.14. The van der Waals surface area contributed by atoms with Gasteiger partial charge in [0.1, 0.15) is 17.5 Å². The minimum absolute atomic E-state index is 0.189. The van der Waals surface area contributed by atoms with Crippen molar-refractivity contribution in [3.63, 3.8) is 0 Å². The van der Waals surface area contributed by atoms with Crippen LogP contribution in [0, 0.1) is 27.9 Å². The third-order valence-corrected chi connectivity index (χ3v) is 3.66. The normalized spacial score (nSPS) is 10.6. The van der Waals surface area contributed by atoms with Crippen LogP contribution >= 0.6 is 22.6 Å². The van der Waals surface area contributed by atoms with E-state index in [1.807, 2.05) is 6.92 Å². The van der Waals surface area contributed by atoms with Crippen LogP contribution in [0.25, 0.3) is 11.1 Å². The van der Waals surface area contributed by atoms with E-state index in [4.69, 9.17) is 0 Å². The number of hydrogen-bond donors (Lipinski definition) is 0. The van der Waals surface area contributed by atoms with E-state index in [0.29, 0.717) is 17.7 Å². The molecule has 0 radical (unpaired) electrons. The Balaban J connectivity index is 2.64. The lowest BCUT2D eigenvalue weighted by molar-refractivity contribution is 0.548. The number of hydrogen-bond acceptors (Lipinski definition) is 0. The monoisotopic (exact) mass is 348 g/mol. The molecule has 0 atom stereocenters. The molecule has 0 unspecified atom stereocenters. The SMILES string of the molecule is Cc1cc(-c2c(F)cc(F)cc2F)ccc1I. The van der Waals surface area contributed by atoms with Crippen LogP contribution in [0.1, 0.15) is 5.56 Å². The van der Waals surface area contributed by atoms with E-state index in [0.717, 1.165) is 9.13 Å². The molecule has 0 saturated heterocycles. The summed E-state index contributed by atoms with van der Waals surface area (Å²) in [7, 11) is 0. The van der Waals surface area contributed by atoms with Crippen LogP contribution in [0.3, 0.4) is 0 Å². The van der Waals surface area contributed by atoms with Gasteiger partial charge in [-0.1, -0.05) is 12.1 Å². The average molecular weight is 348 g/mol. The Kier molecular flexibility index (Phi) is 3.42. The summed E-state index contributed by atoms with van der Waals surface area (Å²) in [4.78, 5) is 0. The molecule has 88 valence electrons. The lowest BCUT2D eigenvalue weighted by Crippen LogP contribution is -1.93. The summed E-state index contributed by atoms with van der Waals surface area (Å²) in [5.41, 5.74) is 1.15. The Morgan fingerprint density at radius 1 is 0.941 bits per heavy atom. The third kappa shape index (κ3) is 2.46. The van der Waals surface area contributed by atoms with E-state index in [1.54, 1.807) is 18.2 Å². The van der Waals surface area contributed by atoms with Crippen LogP contribution in [0.4, 0.5) is 13.2 Å². The molecule has 0 nitrogen and oxygen atoms in total. The maximum atomic E-state index is 13.5. The second-order valence-electron chi connectivity index (χ2n) is 3.71. The van der Waals surface area contributed by atoms with Crippen molar-refractivity contribution in [1.29, 1.82) is 0 Å². The van der Waals surface area contributed by atoms with Crippen molar-refractivity contribution in [3.05, 3.63) is 56.9 Å². The summed E-state index contributed by atoms with van der Waals surface area (Å²) in [6.07, 6.45) is 0. The molecule has 0 saturated carbocycles. The summed E-state index contributed by atoms with van der Waals surface area (Å²) in [5.74, 6) is -2.68. The first-order chi connectivity index (χ1) is 7.99. The van der Waals surface area contributed by atoms with E-state index >= 15 is 0 Å². The molecule has 2 aromatic carbocycles. The second kappa shape index (κ2) is 4.68. The van der Waals surface area contributed by atoms with Gasteiger partial charge in [-0.15, -0.1) is 0 Å². The van der Waals surface area contributed by atoms with Crippen LogP contribution in [0.15, 0.2) is 30.3 Å². The summed E-state index contributed by atoms with van der Waals surface area (Å²) in [6.45, 7) is 1.85. The molecule has 2 aromatic rings. The molecule has 0 aromatic heterocycles. The predicted octanol–water partition coefficient (Wildman–Crippen LogP) is 4.68. The van der Waals surface area contributed by atoms with Crippen LogP contribution in [0.2, 0.25) is 0 Å². The van der Waals surface area contributed by atoms with Gasteiger partial charge in [0.15, 0.2) is 0 Å². The van der Waals surface area contributed by atoms with Crippen molar-refractivity contribution < 1.29 is 13.2 Å². The molecule has 2 rings (SSSR count). The van der Waals surface area contributed by atoms with Gasteiger partial charge in [-0.2, -0.15) is 0 Å². The van der Waals surface area contributed by atoms with Gasteiger partial charge in [-0.05, 0) is 46.7 Å². The summed E-state index contributed by atoms with van der Waals surface area (Å²) in [5, 5.41) is 0. The Bertz CT molecular complexity index is 556. The van der Waals surface area contributed by atoms with E-state index in [-0.39, 0.29) is 5.56 Å². The fourth-order valence-electron chi connectivity index (χ4n) is 1.62. The highest BCUT2D eigenvalue weighted by molar-refractivity contribution is 14.1. The largest absolute Gasteiger partial charge is 0.207 e. The first kappa shape index (κ1) is 12.4. The lowest BCUT2D eigenvalue weighted by Gasteiger charge is -2.07. The van der Waals surface area contributed by atoms with Gasteiger partial charge in [0.2, 0.25) is 0 Å². The number of benzene rings is 2. The van der Waals surface area contributed by atoms with Crippen LogP contribution < -0.4 is 0 Å². The van der Waals surface area contributed by atoms with Crippen molar-refractivity contribution >= 4 is 22.6 Å². The van der Waals surface area contributed by atoms with Crippen molar-refractivity contribution in [1.82, 2.24) is 0 Å². The van der Waals surface area contributed by atoms with Gasteiger partial charge in [0, 0.05) is 15.7 Å². The van der Waals surface area contributed by atoms with Crippen molar-refractivity contribution in [3.8, 4) is 11.1 Å². The Morgan fingerprint density at radius 2 is 1.53 bits per heavy atom. The molecule has 0 aliphatic rings. The quantitative estimate of drug-likeness (QED) is 0.657. The second-order valence-corrected chi connectivity index (χ2v) is 4.87. The average Bonchev–Trinajstić information content (AvgIpc) is 2.21. The molecule has 0 N–H and O–H groups in total. The van der Waals surface area contributed by atoms with Crippen LogP contribution in [-0.2, 0) is 0 Å². The van der Waals surface area contributed by atoms with Gasteiger partial charge in [0.25, 0.3) is 0 Å². The summed E-state index contributed by atoms with van der Waals surface area (Å²) in [6, 6.07) is 6.44. The first-order valence-corrected chi connectivity index (χ1v) is 5.98. The highest BCUT2D eigenvalue weighted by Gasteiger charge is 2.13. The number of halogens is 4. The fourth-order valence-corrected chi connectivity index (χ4v) is 1.95. The molecule has 0 heterocycles. The molecule has 0 aliphatic carbocycles. The van der Waals surface area contributed by atoms with E-state index in [9.17, 15) is 13.2 Å². The Morgan fingerprint density at radius 3 is 2.06 bits per heavy atom. The molecule has 0 fully saturated rings. The zero-order valence-corrected chi connectivity index (χ0v) is 11.1. The van der Waals surface area contributed by atoms with Crippen LogP contribution in [0.5, 0.6) is 0 Å². The van der Waals surface area contributed by atoms with Gasteiger partial charge in [-0.25, -0.2) is 13.2 Å². The van der Waals surface area contributed by atoms with Crippen molar-refractivity contribution in [2.75, 3.05) is 0 Å². The van der Waals surface area contributed by atoms with Crippen molar-refractivity contribution in [2.45, 2.75) is 6.92 Å². The molecular weight excluding hydrogens is 340 g/mol.